The van der Waals surface area contributed by atoms with Gasteiger partial charge < -0.3 is 4.98 Å². The quantitative estimate of drug-likeness (QED) is 0.233. The van der Waals surface area contributed by atoms with E-state index in [4.69, 9.17) is 0 Å². The lowest BCUT2D eigenvalue weighted by atomic mass is 9.87. The van der Waals surface area contributed by atoms with E-state index in [1.807, 2.05) is 55.0 Å². The van der Waals surface area contributed by atoms with E-state index in [2.05, 4.69) is 38.8 Å². The Morgan fingerprint density at radius 2 is 1.75 bits per heavy atom. The lowest BCUT2D eigenvalue weighted by Crippen LogP contribution is -2.09. The number of aryl methyl sites for hydroxylation is 1. The number of aromatic amines is 1. The van der Waals surface area contributed by atoms with Crippen LogP contribution in [0.15, 0.2) is 97.6 Å². The van der Waals surface area contributed by atoms with Crippen LogP contribution < -0.4 is 4.72 Å². The van der Waals surface area contributed by atoms with Crippen molar-refractivity contribution in [2.75, 3.05) is 11.0 Å². The number of sulfonamides is 1. The van der Waals surface area contributed by atoms with Crippen LogP contribution in [0.5, 0.6) is 0 Å². The molecule has 7 nitrogen and oxygen atoms in total. The first-order valence-corrected chi connectivity index (χ1v) is 14.6. The third-order valence-corrected chi connectivity index (χ3v) is 7.43. The van der Waals surface area contributed by atoms with Gasteiger partial charge >= 0.3 is 0 Å². The summed E-state index contributed by atoms with van der Waals surface area (Å²) >= 11 is 0. The minimum absolute atomic E-state index is 0.264. The van der Waals surface area contributed by atoms with Crippen LogP contribution in [0, 0.1) is 12.7 Å². The van der Waals surface area contributed by atoms with E-state index < -0.39 is 10.0 Å². The van der Waals surface area contributed by atoms with Gasteiger partial charge in [0.1, 0.15) is 11.5 Å². The van der Waals surface area contributed by atoms with Crippen LogP contribution in [0.25, 0.3) is 44.4 Å². The van der Waals surface area contributed by atoms with Crippen LogP contribution in [0.2, 0.25) is 0 Å². The van der Waals surface area contributed by atoms with Gasteiger partial charge in [-0.05, 0) is 53.4 Å². The van der Waals surface area contributed by atoms with Crippen LogP contribution in [0.1, 0.15) is 11.1 Å². The fourth-order valence-corrected chi connectivity index (χ4v) is 5.65. The highest BCUT2D eigenvalue weighted by molar-refractivity contribution is 7.92. The van der Waals surface area contributed by atoms with E-state index in [1.165, 1.54) is 6.07 Å². The predicted octanol–water partition coefficient (Wildman–Crippen LogP) is 6.63. The molecule has 0 spiro atoms. The van der Waals surface area contributed by atoms with Crippen LogP contribution in [-0.4, -0.2) is 34.4 Å². The normalized spacial score (nSPS) is 11.7. The van der Waals surface area contributed by atoms with Gasteiger partial charge in [0.15, 0.2) is 0 Å². The predicted molar refractivity (Wildman–Crippen MR) is 157 cm³/mol. The molecule has 2 N–H and O–H groups in total. The van der Waals surface area contributed by atoms with E-state index in [-0.39, 0.29) is 5.82 Å². The number of hydrogen-bond donors (Lipinski definition) is 2. The highest BCUT2D eigenvalue weighted by Crippen LogP contribution is 2.43. The number of nitrogens with zero attached hydrogens (tertiary/aromatic N) is 3. The Kier molecular flexibility index (Phi) is 6.43. The van der Waals surface area contributed by atoms with E-state index in [0.717, 1.165) is 56.2 Å². The lowest BCUT2D eigenvalue weighted by molar-refractivity contribution is 0.585. The van der Waals surface area contributed by atoms with E-state index in [0.29, 0.717) is 17.8 Å². The molecule has 0 amide bonds. The molecule has 6 rings (SSSR count). The van der Waals surface area contributed by atoms with Gasteiger partial charge in [-0.2, -0.15) is 5.10 Å². The van der Waals surface area contributed by atoms with Gasteiger partial charge in [-0.1, -0.05) is 48.5 Å². The summed E-state index contributed by atoms with van der Waals surface area (Å²) in [5, 5.41) is 5.48. The number of aromatic nitrogens is 4. The topological polar surface area (TPSA) is 92.7 Å². The van der Waals surface area contributed by atoms with Crippen molar-refractivity contribution >= 4 is 26.7 Å². The Hall–Kier alpha value is -4.76. The van der Waals surface area contributed by atoms with Gasteiger partial charge in [0.05, 0.1) is 19.0 Å². The molecule has 3 aromatic heterocycles. The molecule has 0 aliphatic heterocycles. The summed E-state index contributed by atoms with van der Waals surface area (Å²) in [6.07, 6.45) is 8.52. The molecule has 3 heterocycles. The highest BCUT2D eigenvalue weighted by Gasteiger charge is 2.20. The number of hydrogen-bond acceptors (Lipinski definition) is 4. The second-order valence-corrected chi connectivity index (χ2v) is 11.5. The standard InChI is InChI=1S/C31H26FN5O2S/c1-20-7-5-11-25(23-16-35-37(19-23)18-22-8-3-4-12-28(22)32)29(20)30-26-13-14-33-31(26)34-17-27(30)21-9-6-10-24(15-21)36-40(2,38)39/h3-17,19,36H,18H2,1-2H3,(H,33,34). The summed E-state index contributed by atoms with van der Waals surface area (Å²) in [7, 11) is -3.44. The Morgan fingerprint density at radius 1 is 0.925 bits per heavy atom. The molecule has 0 aliphatic rings. The monoisotopic (exact) mass is 551 g/mol. The number of fused-ring (bicyclic) bond motifs is 1. The van der Waals surface area contributed by atoms with Gasteiger partial charge in [0, 0.05) is 51.9 Å². The van der Waals surface area contributed by atoms with Gasteiger partial charge in [-0.3, -0.25) is 9.40 Å². The summed E-state index contributed by atoms with van der Waals surface area (Å²) < 4.78 is 42.4. The summed E-state index contributed by atoms with van der Waals surface area (Å²) in [5.74, 6) is -0.264. The Morgan fingerprint density at radius 3 is 2.58 bits per heavy atom. The van der Waals surface area contributed by atoms with Crippen LogP contribution in [-0.2, 0) is 16.6 Å². The molecule has 0 saturated carbocycles. The smallest absolute Gasteiger partial charge is 0.229 e. The summed E-state index contributed by atoms with van der Waals surface area (Å²) in [6.45, 7) is 2.38. The maximum absolute atomic E-state index is 14.3. The highest BCUT2D eigenvalue weighted by atomic mass is 32.2. The molecule has 0 saturated heterocycles. The third-order valence-electron chi connectivity index (χ3n) is 6.82. The maximum atomic E-state index is 14.3. The summed E-state index contributed by atoms with van der Waals surface area (Å²) in [4.78, 5) is 7.86. The molecule has 3 aromatic carbocycles. The van der Waals surface area contributed by atoms with E-state index >= 15 is 0 Å². The molecule has 0 unspecified atom stereocenters. The molecule has 6 aromatic rings. The van der Waals surface area contributed by atoms with Crippen LogP contribution >= 0.6 is 0 Å². The van der Waals surface area contributed by atoms with Crippen LogP contribution in [0.4, 0.5) is 10.1 Å². The zero-order valence-electron chi connectivity index (χ0n) is 21.9. The number of pyridine rings is 1. The first kappa shape index (κ1) is 25.5. The maximum Gasteiger partial charge on any atom is 0.229 e. The van der Waals surface area contributed by atoms with Crippen molar-refractivity contribution in [2.45, 2.75) is 13.5 Å². The zero-order valence-corrected chi connectivity index (χ0v) is 22.7. The first-order chi connectivity index (χ1) is 19.3. The first-order valence-electron chi connectivity index (χ1n) is 12.7. The fraction of sp³-hybridized carbons (Fsp3) is 0.0968. The average Bonchev–Trinajstić information content (AvgIpc) is 3.58. The molecular formula is C31H26FN5O2S. The second-order valence-electron chi connectivity index (χ2n) is 9.76. The molecular weight excluding hydrogens is 525 g/mol. The summed E-state index contributed by atoms with van der Waals surface area (Å²) in [6, 6.07) is 22.1. The van der Waals surface area contributed by atoms with Crippen molar-refractivity contribution in [3.05, 3.63) is 115 Å². The second kappa shape index (κ2) is 10.1. The number of rotatable bonds is 7. The lowest BCUT2D eigenvalue weighted by Gasteiger charge is -2.18. The summed E-state index contributed by atoms with van der Waals surface area (Å²) in [5.41, 5.74) is 8.37. The van der Waals surface area contributed by atoms with Crippen molar-refractivity contribution in [2.24, 2.45) is 0 Å². The molecule has 0 aliphatic carbocycles. The van der Waals surface area contributed by atoms with Crippen molar-refractivity contribution < 1.29 is 12.8 Å². The number of nitrogens with one attached hydrogen (secondary N) is 2. The molecule has 0 fully saturated rings. The van der Waals surface area contributed by atoms with Crippen molar-refractivity contribution in [3.8, 4) is 33.4 Å². The number of benzene rings is 3. The van der Waals surface area contributed by atoms with E-state index in [1.54, 1.807) is 29.1 Å². The Bertz CT molecular complexity index is 1980. The van der Waals surface area contributed by atoms with Gasteiger partial charge in [0.25, 0.3) is 0 Å². The Labute approximate surface area is 231 Å². The van der Waals surface area contributed by atoms with E-state index in [9.17, 15) is 12.8 Å². The molecule has 0 atom stereocenters. The van der Waals surface area contributed by atoms with Crippen molar-refractivity contribution in [3.63, 3.8) is 0 Å². The fourth-order valence-electron chi connectivity index (χ4n) is 5.09. The molecule has 40 heavy (non-hydrogen) atoms. The van der Waals surface area contributed by atoms with Crippen LogP contribution in [0.3, 0.4) is 0 Å². The molecule has 200 valence electrons. The molecule has 0 radical (unpaired) electrons. The van der Waals surface area contributed by atoms with Crippen molar-refractivity contribution in [1.29, 1.82) is 0 Å². The SMILES string of the molecule is Cc1cccc(-c2cnn(Cc3ccccc3F)c2)c1-c1c(-c2cccc(NS(C)(=O)=O)c2)cnc2[nH]ccc12. The number of halogens is 1. The zero-order chi connectivity index (χ0) is 27.9. The largest absolute Gasteiger partial charge is 0.346 e. The molecule has 0 bridgehead atoms. The number of H-pyrrole nitrogens is 1. The minimum Gasteiger partial charge on any atom is -0.346 e. The average molecular weight is 552 g/mol. The number of anilines is 1. The third kappa shape index (κ3) is 4.99. The molecule has 9 heteroatoms. The minimum atomic E-state index is -3.44. The van der Waals surface area contributed by atoms with Gasteiger partial charge in [0.2, 0.25) is 10.0 Å². The van der Waals surface area contributed by atoms with Crippen molar-refractivity contribution in [1.82, 2.24) is 19.7 Å². The Balaban J connectivity index is 1.52. The van der Waals surface area contributed by atoms with Gasteiger partial charge in [-0.15, -0.1) is 0 Å². The van der Waals surface area contributed by atoms with Gasteiger partial charge in [-0.25, -0.2) is 17.8 Å².